The van der Waals surface area contributed by atoms with Crippen LogP contribution in [0.5, 0.6) is 0 Å². The number of nitrogens with zero attached hydrogens (tertiary/aromatic N) is 3. The van der Waals surface area contributed by atoms with Gasteiger partial charge in [0.15, 0.2) is 5.82 Å². The number of hydrogen-bond acceptors (Lipinski definition) is 3. The summed E-state index contributed by atoms with van der Waals surface area (Å²) in [6.45, 7) is 1.82. The van der Waals surface area contributed by atoms with Crippen LogP contribution in [-0.4, -0.2) is 15.0 Å². The molecule has 0 aliphatic rings. The Bertz CT molecular complexity index is 487. The van der Waals surface area contributed by atoms with Crippen LogP contribution >= 0.6 is 23.2 Å². The van der Waals surface area contributed by atoms with E-state index in [4.69, 9.17) is 28.9 Å². The van der Waals surface area contributed by atoms with Gasteiger partial charge in [-0.25, -0.2) is 4.68 Å². The SMILES string of the molecule is Cc1c(N)nnn1-c1cc(Cl)cc(Cl)c1. The highest BCUT2D eigenvalue weighted by Crippen LogP contribution is 2.22. The van der Waals surface area contributed by atoms with Gasteiger partial charge in [-0.05, 0) is 25.1 Å². The molecule has 4 nitrogen and oxygen atoms in total. The predicted molar refractivity (Wildman–Crippen MR) is 60.5 cm³/mol. The first-order valence-corrected chi connectivity index (χ1v) is 4.98. The Morgan fingerprint density at radius 1 is 1.20 bits per heavy atom. The largest absolute Gasteiger partial charge is 0.381 e. The standard InChI is InChI=1S/C9H8Cl2N4/c1-5-9(12)13-14-15(5)8-3-6(10)2-7(11)4-8/h2-4H,12H2,1H3. The summed E-state index contributed by atoms with van der Waals surface area (Å²) in [5.41, 5.74) is 7.10. The summed E-state index contributed by atoms with van der Waals surface area (Å²) < 4.78 is 1.59. The minimum Gasteiger partial charge on any atom is -0.381 e. The Hall–Kier alpha value is -1.26. The molecule has 0 unspecified atom stereocenters. The minimum atomic E-state index is 0.395. The first-order valence-electron chi connectivity index (χ1n) is 4.22. The molecule has 2 rings (SSSR count). The Balaban J connectivity index is 2.58. The van der Waals surface area contributed by atoms with Crippen LogP contribution in [-0.2, 0) is 0 Å². The van der Waals surface area contributed by atoms with Gasteiger partial charge in [0.2, 0.25) is 0 Å². The van der Waals surface area contributed by atoms with Gasteiger partial charge in [0.25, 0.3) is 0 Å². The molecule has 0 radical (unpaired) electrons. The zero-order valence-corrected chi connectivity index (χ0v) is 9.42. The summed E-state index contributed by atoms with van der Waals surface area (Å²) in [6, 6.07) is 5.14. The molecule has 0 aliphatic carbocycles. The van der Waals surface area contributed by atoms with Crippen LogP contribution in [0.15, 0.2) is 18.2 Å². The first kappa shape index (κ1) is 10.3. The molecule has 0 atom stereocenters. The van der Waals surface area contributed by atoms with Crippen molar-refractivity contribution in [3.05, 3.63) is 33.9 Å². The van der Waals surface area contributed by atoms with Crippen LogP contribution in [0.2, 0.25) is 10.0 Å². The molecule has 15 heavy (non-hydrogen) atoms. The minimum absolute atomic E-state index is 0.395. The number of nitrogens with two attached hydrogens (primary N) is 1. The summed E-state index contributed by atoms with van der Waals surface area (Å²) in [4.78, 5) is 0. The van der Waals surface area contributed by atoms with Gasteiger partial charge in [-0.1, -0.05) is 28.4 Å². The molecular formula is C9H8Cl2N4. The molecule has 78 valence electrons. The molecule has 1 heterocycles. The van der Waals surface area contributed by atoms with Gasteiger partial charge >= 0.3 is 0 Å². The van der Waals surface area contributed by atoms with Crippen LogP contribution in [0.3, 0.4) is 0 Å². The fourth-order valence-electron chi connectivity index (χ4n) is 1.25. The molecule has 0 saturated heterocycles. The molecule has 0 aliphatic heterocycles. The Morgan fingerprint density at radius 2 is 1.80 bits per heavy atom. The van der Waals surface area contributed by atoms with E-state index in [1.54, 1.807) is 22.9 Å². The molecule has 0 saturated carbocycles. The summed E-state index contributed by atoms with van der Waals surface area (Å²) in [5, 5.41) is 8.74. The summed E-state index contributed by atoms with van der Waals surface area (Å²) >= 11 is 11.8. The van der Waals surface area contributed by atoms with Crippen molar-refractivity contribution >= 4 is 29.0 Å². The van der Waals surface area contributed by atoms with Crippen molar-refractivity contribution in [3.63, 3.8) is 0 Å². The van der Waals surface area contributed by atoms with E-state index in [1.165, 1.54) is 0 Å². The summed E-state index contributed by atoms with van der Waals surface area (Å²) in [7, 11) is 0. The Morgan fingerprint density at radius 3 is 2.27 bits per heavy atom. The highest BCUT2D eigenvalue weighted by atomic mass is 35.5. The zero-order valence-electron chi connectivity index (χ0n) is 7.91. The van der Waals surface area contributed by atoms with Crippen LogP contribution in [0, 0.1) is 6.92 Å². The number of anilines is 1. The fraction of sp³-hybridized carbons (Fsp3) is 0.111. The lowest BCUT2D eigenvalue weighted by Gasteiger charge is -2.04. The molecular weight excluding hydrogens is 235 g/mol. The van der Waals surface area contributed by atoms with E-state index in [2.05, 4.69) is 10.3 Å². The number of hydrogen-bond donors (Lipinski definition) is 1. The van der Waals surface area contributed by atoms with Gasteiger partial charge in [-0.2, -0.15) is 0 Å². The first-order chi connectivity index (χ1) is 7.08. The van der Waals surface area contributed by atoms with E-state index in [9.17, 15) is 0 Å². The molecule has 6 heteroatoms. The molecule has 2 N–H and O–H groups in total. The maximum atomic E-state index is 5.88. The van der Waals surface area contributed by atoms with Gasteiger partial charge in [-0.15, -0.1) is 5.10 Å². The van der Waals surface area contributed by atoms with E-state index in [0.717, 1.165) is 11.4 Å². The monoisotopic (exact) mass is 242 g/mol. The van der Waals surface area contributed by atoms with E-state index in [0.29, 0.717) is 15.9 Å². The zero-order chi connectivity index (χ0) is 11.0. The second kappa shape index (κ2) is 3.72. The second-order valence-electron chi connectivity index (χ2n) is 3.10. The number of benzene rings is 1. The third-order valence-corrected chi connectivity index (χ3v) is 2.46. The van der Waals surface area contributed by atoms with Gasteiger partial charge in [-0.3, -0.25) is 0 Å². The van der Waals surface area contributed by atoms with Crippen molar-refractivity contribution in [2.45, 2.75) is 6.92 Å². The van der Waals surface area contributed by atoms with Crippen molar-refractivity contribution in [1.29, 1.82) is 0 Å². The fourth-order valence-corrected chi connectivity index (χ4v) is 1.76. The van der Waals surface area contributed by atoms with E-state index < -0.39 is 0 Å². The molecule has 1 aromatic heterocycles. The average molecular weight is 243 g/mol. The number of rotatable bonds is 1. The third kappa shape index (κ3) is 1.91. The molecule has 0 spiro atoms. The van der Waals surface area contributed by atoms with E-state index in [-0.39, 0.29) is 0 Å². The normalized spacial score (nSPS) is 10.6. The number of aromatic nitrogens is 3. The van der Waals surface area contributed by atoms with Crippen molar-refractivity contribution in [3.8, 4) is 5.69 Å². The highest BCUT2D eigenvalue weighted by Gasteiger charge is 2.08. The van der Waals surface area contributed by atoms with Gasteiger partial charge in [0.05, 0.1) is 11.4 Å². The summed E-state index contributed by atoms with van der Waals surface area (Å²) in [5.74, 6) is 0.395. The molecule has 0 fully saturated rings. The lowest BCUT2D eigenvalue weighted by Crippen LogP contribution is -1.99. The van der Waals surface area contributed by atoms with Crippen molar-refractivity contribution in [2.24, 2.45) is 0 Å². The van der Waals surface area contributed by atoms with Gasteiger partial charge in [0.1, 0.15) is 0 Å². The Labute approximate surface area is 96.6 Å². The number of halogens is 2. The van der Waals surface area contributed by atoms with Crippen LogP contribution in [0.4, 0.5) is 5.82 Å². The molecule has 1 aromatic carbocycles. The van der Waals surface area contributed by atoms with Crippen molar-refractivity contribution in [2.75, 3.05) is 5.73 Å². The molecule has 0 amide bonds. The predicted octanol–water partition coefficient (Wildman–Crippen LogP) is 2.46. The smallest absolute Gasteiger partial charge is 0.169 e. The average Bonchev–Trinajstić information content (AvgIpc) is 2.46. The van der Waals surface area contributed by atoms with E-state index >= 15 is 0 Å². The van der Waals surface area contributed by atoms with Crippen LogP contribution in [0.25, 0.3) is 5.69 Å². The van der Waals surface area contributed by atoms with Crippen molar-refractivity contribution in [1.82, 2.24) is 15.0 Å². The maximum absolute atomic E-state index is 5.88. The van der Waals surface area contributed by atoms with E-state index in [1.807, 2.05) is 6.92 Å². The lowest BCUT2D eigenvalue weighted by atomic mass is 10.3. The van der Waals surface area contributed by atoms with Crippen LogP contribution < -0.4 is 5.73 Å². The second-order valence-corrected chi connectivity index (χ2v) is 3.97. The topological polar surface area (TPSA) is 56.7 Å². The van der Waals surface area contributed by atoms with Crippen LogP contribution in [0.1, 0.15) is 5.69 Å². The van der Waals surface area contributed by atoms with Crippen molar-refractivity contribution < 1.29 is 0 Å². The third-order valence-electron chi connectivity index (χ3n) is 2.02. The number of nitrogen functional groups attached to an aromatic ring is 1. The molecule has 2 aromatic rings. The highest BCUT2D eigenvalue weighted by molar-refractivity contribution is 6.34. The Kier molecular flexibility index (Phi) is 2.54. The lowest BCUT2D eigenvalue weighted by molar-refractivity contribution is 0.785. The van der Waals surface area contributed by atoms with Gasteiger partial charge in [0, 0.05) is 10.0 Å². The summed E-state index contributed by atoms with van der Waals surface area (Å²) in [6.07, 6.45) is 0. The van der Waals surface area contributed by atoms with Gasteiger partial charge < -0.3 is 5.73 Å². The quantitative estimate of drug-likeness (QED) is 0.836. The maximum Gasteiger partial charge on any atom is 0.169 e. The molecule has 0 bridgehead atoms.